The van der Waals surface area contributed by atoms with E-state index in [1.54, 1.807) is 35.3 Å². The van der Waals surface area contributed by atoms with Crippen molar-refractivity contribution in [3.05, 3.63) is 39.8 Å². The number of aromatic nitrogens is 2. The fraction of sp³-hybridized carbons (Fsp3) is 0.231. The zero-order chi connectivity index (χ0) is 13.7. The van der Waals surface area contributed by atoms with Crippen LogP contribution in [0.1, 0.15) is 20.2 Å². The molecule has 2 heterocycles. The first kappa shape index (κ1) is 13.3. The summed E-state index contributed by atoms with van der Waals surface area (Å²) in [4.78, 5) is 13.8. The topological polar surface area (TPSA) is 72.9 Å². The van der Waals surface area contributed by atoms with E-state index in [0.717, 1.165) is 9.75 Å². The molecule has 6 heteroatoms. The molecule has 5 nitrogen and oxygen atoms in total. The summed E-state index contributed by atoms with van der Waals surface area (Å²) < 4.78 is 1.60. The van der Waals surface area contributed by atoms with Crippen LogP contribution in [0.5, 0.6) is 0 Å². The lowest BCUT2D eigenvalue weighted by Gasteiger charge is -2.00. The van der Waals surface area contributed by atoms with Crippen molar-refractivity contribution >= 4 is 17.2 Å². The van der Waals surface area contributed by atoms with Crippen LogP contribution in [0, 0.1) is 11.8 Å². The third kappa shape index (κ3) is 3.68. The van der Waals surface area contributed by atoms with Gasteiger partial charge in [-0.05, 0) is 18.2 Å². The highest BCUT2D eigenvalue weighted by atomic mass is 32.1. The highest BCUT2D eigenvalue weighted by Crippen LogP contribution is 2.15. The van der Waals surface area contributed by atoms with Crippen LogP contribution in [0.4, 0.5) is 0 Å². The molecule has 1 amide bonds. The minimum absolute atomic E-state index is 0.177. The fourth-order valence-corrected chi connectivity index (χ4v) is 2.29. The lowest BCUT2D eigenvalue weighted by molar-refractivity contribution is 0.0945. The van der Waals surface area contributed by atoms with E-state index in [4.69, 9.17) is 5.73 Å². The quantitative estimate of drug-likeness (QED) is 0.810. The zero-order valence-corrected chi connectivity index (χ0v) is 11.3. The van der Waals surface area contributed by atoms with Crippen LogP contribution < -0.4 is 11.1 Å². The van der Waals surface area contributed by atoms with Crippen LogP contribution in [0.2, 0.25) is 0 Å². The van der Waals surface area contributed by atoms with Crippen molar-refractivity contribution in [1.29, 1.82) is 0 Å². The Labute approximate surface area is 115 Å². The average Bonchev–Trinajstić information content (AvgIpc) is 3.02. The molecule has 0 saturated carbocycles. The first-order valence-electron chi connectivity index (χ1n) is 5.74. The molecule has 2 rings (SSSR count). The Hall–Kier alpha value is -2.10. The molecule has 0 saturated heterocycles. The van der Waals surface area contributed by atoms with Crippen LogP contribution in [-0.2, 0) is 13.6 Å². The molecule has 2 aromatic heterocycles. The van der Waals surface area contributed by atoms with Gasteiger partial charge in [-0.3, -0.25) is 9.48 Å². The van der Waals surface area contributed by atoms with Crippen molar-refractivity contribution in [3.63, 3.8) is 0 Å². The van der Waals surface area contributed by atoms with Crippen LogP contribution in [-0.4, -0.2) is 22.2 Å². The number of hydrogen-bond acceptors (Lipinski definition) is 4. The van der Waals surface area contributed by atoms with Crippen LogP contribution in [0.15, 0.2) is 24.4 Å². The molecule has 3 N–H and O–H groups in total. The molecule has 0 atom stereocenters. The van der Waals surface area contributed by atoms with Crippen molar-refractivity contribution in [2.75, 3.05) is 6.54 Å². The van der Waals surface area contributed by atoms with Crippen molar-refractivity contribution in [2.45, 2.75) is 6.54 Å². The molecule has 0 unspecified atom stereocenters. The van der Waals surface area contributed by atoms with Crippen molar-refractivity contribution in [3.8, 4) is 11.8 Å². The van der Waals surface area contributed by atoms with E-state index < -0.39 is 0 Å². The SMILES string of the molecule is Cn1ccc(C(=O)NCc2ccc(C#CCN)s2)n1. The summed E-state index contributed by atoms with van der Waals surface area (Å²) in [5, 5.41) is 6.86. The normalized spacial score (nSPS) is 9.79. The summed E-state index contributed by atoms with van der Waals surface area (Å²) in [5.74, 6) is 5.58. The lowest BCUT2D eigenvalue weighted by atomic mass is 10.4. The number of carbonyl (C=O) groups excluding carboxylic acids is 1. The number of nitrogens with two attached hydrogens (primary N) is 1. The highest BCUT2D eigenvalue weighted by molar-refractivity contribution is 7.12. The van der Waals surface area contributed by atoms with Gasteiger partial charge in [0.25, 0.3) is 5.91 Å². The molecule has 0 spiro atoms. The smallest absolute Gasteiger partial charge is 0.272 e. The first-order valence-corrected chi connectivity index (χ1v) is 6.56. The third-order valence-electron chi connectivity index (χ3n) is 2.34. The van der Waals surface area contributed by atoms with Crippen molar-refractivity contribution in [1.82, 2.24) is 15.1 Å². The summed E-state index contributed by atoms with van der Waals surface area (Å²) in [6, 6.07) is 5.56. The van der Waals surface area contributed by atoms with E-state index in [1.165, 1.54) is 0 Å². The Bertz CT molecular complexity index is 632. The number of nitrogens with one attached hydrogen (secondary N) is 1. The van der Waals surface area contributed by atoms with Crippen LogP contribution >= 0.6 is 11.3 Å². The first-order chi connectivity index (χ1) is 9.19. The largest absolute Gasteiger partial charge is 0.346 e. The molecule has 0 aliphatic carbocycles. The summed E-state index contributed by atoms with van der Waals surface area (Å²) in [6.45, 7) is 0.827. The van der Waals surface area contributed by atoms with Gasteiger partial charge >= 0.3 is 0 Å². The van der Waals surface area contributed by atoms with Gasteiger partial charge < -0.3 is 11.1 Å². The standard InChI is InChI=1S/C13H14N4OS/c1-17-8-6-12(16-17)13(18)15-9-11-5-4-10(19-11)3-2-7-14/h4-6,8H,7,9,14H2,1H3,(H,15,18). The van der Waals surface area contributed by atoms with E-state index in [-0.39, 0.29) is 5.91 Å². The number of aryl methyl sites for hydroxylation is 1. The number of carbonyl (C=O) groups is 1. The number of hydrogen-bond donors (Lipinski definition) is 2. The summed E-state index contributed by atoms with van der Waals surface area (Å²) >= 11 is 1.55. The minimum Gasteiger partial charge on any atom is -0.346 e. The molecule has 0 fully saturated rings. The Morgan fingerprint density at radius 1 is 1.53 bits per heavy atom. The number of nitrogens with zero attached hydrogens (tertiary/aromatic N) is 2. The Balaban J connectivity index is 1.92. The van der Waals surface area contributed by atoms with E-state index in [9.17, 15) is 4.79 Å². The molecule has 0 radical (unpaired) electrons. The predicted molar refractivity (Wildman–Crippen MR) is 74.6 cm³/mol. The second-order valence-corrected chi connectivity index (χ2v) is 5.00. The van der Waals surface area contributed by atoms with Gasteiger partial charge in [0.15, 0.2) is 0 Å². The lowest BCUT2D eigenvalue weighted by Crippen LogP contribution is -2.22. The second-order valence-electron chi connectivity index (χ2n) is 3.83. The molecular weight excluding hydrogens is 260 g/mol. The van der Waals surface area contributed by atoms with E-state index in [2.05, 4.69) is 22.3 Å². The molecule has 0 aliphatic rings. The van der Waals surface area contributed by atoms with Gasteiger partial charge in [-0.1, -0.05) is 11.8 Å². The Morgan fingerprint density at radius 2 is 2.37 bits per heavy atom. The van der Waals surface area contributed by atoms with Gasteiger partial charge in [0.2, 0.25) is 0 Å². The maximum Gasteiger partial charge on any atom is 0.272 e. The number of thiophene rings is 1. The van der Waals surface area contributed by atoms with Gasteiger partial charge in [0, 0.05) is 18.1 Å². The number of amides is 1. The highest BCUT2D eigenvalue weighted by Gasteiger charge is 2.08. The monoisotopic (exact) mass is 274 g/mol. The second kappa shape index (κ2) is 6.18. The van der Waals surface area contributed by atoms with Gasteiger partial charge in [-0.2, -0.15) is 5.10 Å². The van der Waals surface area contributed by atoms with Crippen molar-refractivity contribution < 1.29 is 4.79 Å². The Kier molecular flexibility index (Phi) is 4.34. The van der Waals surface area contributed by atoms with Gasteiger partial charge in [0.05, 0.1) is 18.0 Å². The molecular formula is C13H14N4OS. The van der Waals surface area contributed by atoms with Crippen LogP contribution in [0.3, 0.4) is 0 Å². The minimum atomic E-state index is -0.177. The predicted octanol–water partition coefficient (Wildman–Crippen LogP) is 0.722. The molecule has 0 bridgehead atoms. The maximum atomic E-state index is 11.8. The summed E-state index contributed by atoms with van der Waals surface area (Å²) in [5.41, 5.74) is 5.73. The van der Waals surface area contributed by atoms with Crippen LogP contribution in [0.25, 0.3) is 0 Å². The average molecular weight is 274 g/mol. The van der Waals surface area contributed by atoms with E-state index >= 15 is 0 Å². The summed E-state index contributed by atoms with van der Waals surface area (Å²) in [6.07, 6.45) is 1.74. The molecule has 98 valence electrons. The van der Waals surface area contributed by atoms with Gasteiger partial charge in [-0.15, -0.1) is 11.3 Å². The summed E-state index contributed by atoms with van der Waals surface area (Å²) in [7, 11) is 1.78. The maximum absolute atomic E-state index is 11.8. The van der Waals surface area contributed by atoms with Gasteiger partial charge in [-0.25, -0.2) is 0 Å². The molecule has 0 aromatic carbocycles. The molecule has 19 heavy (non-hydrogen) atoms. The molecule has 0 aliphatic heterocycles. The molecule has 2 aromatic rings. The Morgan fingerprint density at radius 3 is 3.05 bits per heavy atom. The zero-order valence-electron chi connectivity index (χ0n) is 10.5. The third-order valence-corrected chi connectivity index (χ3v) is 3.35. The van der Waals surface area contributed by atoms with E-state index in [0.29, 0.717) is 18.8 Å². The van der Waals surface area contributed by atoms with E-state index in [1.807, 2.05) is 12.1 Å². The van der Waals surface area contributed by atoms with Crippen molar-refractivity contribution in [2.24, 2.45) is 12.8 Å². The van der Waals surface area contributed by atoms with Gasteiger partial charge in [0.1, 0.15) is 5.69 Å². The fourth-order valence-electron chi connectivity index (χ4n) is 1.47. The number of rotatable bonds is 3.